The van der Waals surface area contributed by atoms with Gasteiger partial charge in [-0.2, -0.15) is 0 Å². The van der Waals surface area contributed by atoms with Gasteiger partial charge in [-0.25, -0.2) is 4.68 Å². The molecule has 24 heavy (non-hydrogen) atoms. The highest BCUT2D eigenvalue weighted by molar-refractivity contribution is 7.71. The third-order valence-electron chi connectivity index (χ3n) is 3.59. The van der Waals surface area contributed by atoms with Gasteiger partial charge >= 0.3 is 0 Å². The zero-order chi connectivity index (χ0) is 17.3. The number of rotatable bonds is 4. The van der Waals surface area contributed by atoms with E-state index in [4.69, 9.17) is 35.4 Å². The van der Waals surface area contributed by atoms with Crippen molar-refractivity contribution in [3.63, 3.8) is 0 Å². The first-order valence-corrected chi connectivity index (χ1v) is 8.33. The highest BCUT2D eigenvalue weighted by Gasteiger charge is 2.12. The fourth-order valence-corrected chi connectivity index (χ4v) is 3.07. The minimum atomic E-state index is 0.476. The van der Waals surface area contributed by atoms with E-state index in [2.05, 4.69) is 10.1 Å². The minimum Gasteiger partial charge on any atom is -0.355 e. The van der Waals surface area contributed by atoms with Crippen LogP contribution in [0.1, 0.15) is 0 Å². The third-order valence-corrected chi connectivity index (χ3v) is 4.52. The molecule has 0 aliphatic rings. The molecule has 0 saturated carbocycles. The van der Waals surface area contributed by atoms with Crippen molar-refractivity contribution in [2.24, 2.45) is 7.05 Å². The molecule has 3 aromatic rings. The summed E-state index contributed by atoms with van der Waals surface area (Å²) in [5.74, 6) is 0.769. The highest BCUT2D eigenvalue weighted by atomic mass is 35.5. The summed E-state index contributed by atoms with van der Waals surface area (Å²) in [5, 5.41) is 5.79. The molecule has 0 unspecified atom stereocenters. The van der Waals surface area contributed by atoms with E-state index in [1.54, 1.807) is 23.1 Å². The Labute approximate surface area is 155 Å². The summed E-state index contributed by atoms with van der Waals surface area (Å²) in [6.07, 6.45) is 3.49. The number of halogens is 2. The second-order valence-electron chi connectivity index (χ2n) is 5.37. The van der Waals surface area contributed by atoms with Crippen molar-refractivity contribution in [3.05, 3.63) is 57.5 Å². The van der Waals surface area contributed by atoms with E-state index in [9.17, 15) is 0 Å². The summed E-state index contributed by atoms with van der Waals surface area (Å²) in [4.78, 5) is 6.11. The van der Waals surface area contributed by atoms with E-state index in [1.807, 2.05) is 47.8 Å². The van der Waals surface area contributed by atoms with Gasteiger partial charge in [0.25, 0.3) is 0 Å². The van der Waals surface area contributed by atoms with Crippen molar-refractivity contribution in [1.82, 2.24) is 19.3 Å². The molecule has 2 aromatic heterocycles. The summed E-state index contributed by atoms with van der Waals surface area (Å²) in [6, 6.07) is 9.23. The molecule has 0 aliphatic carbocycles. The van der Waals surface area contributed by atoms with Crippen LogP contribution in [0.25, 0.3) is 11.4 Å². The van der Waals surface area contributed by atoms with Crippen LogP contribution in [-0.4, -0.2) is 26.4 Å². The van der Waals surface area contributed by atoms with Crippen molar-refractivity contribution < 1.29 is 0 Å². The Bertz CT molecular complexity index is 900. The van der Waals surface area contributed by atoms with Gasteiger partial charge < -0.3 is 9.47 Å². The maximum atomic E-state index is 6.07. The van der Waals surface area contributed by atoms with Crippen molar-refractivity contribution in [2.45, 2.75) is 6.67 Å². The average Bonchev–Trinajstić information content (AvgIpc) is 2.83. The van der Waals surface area contributed by atoms with Crippen molar-refractivity contribution in [2.75, 3.05) is 11.9 Å². The number of hydrogen-bond acceptors (Lipinski definition) is 4. The summed E-state index contributed by atoms with van der Waals surface area (Å²) >= 11 is 17.6. The Kier molecular flexibility index (Phi) is 4.89. The van der Waals surface area contributed by atoms with Gasteiger partial charge in [-0.1, -0.05) is 23.2 Å². The van der Waals surface area contributed by atoms with Crippen LogP contribution in [0.2, 0.25) is 10.0 Å². The molecule has 1 aromatic carbocycles. The Morgan fingerprint density at radius 1 is 1.21 bits per heavy atom. The number of hydrogen-bond donors (Lipinski definition) is 0. The Morgan fingerprint density at radius 3 is 2.54 bits per heavy atom. The summed E-state index contributed by atoms with van der Waals surface area (Å²) < 4.78 is 4.24. The van der Waals surface area contributed by atoms with Gasteiger partial charge in [0.1, 0.15) is 6.67 Å². The van der Waals surface area contributed by atoms with Crippen LogP contribution in [0, 0.1) is 4.77 Å². The first-order valence-electron chi connectivity index (χ1n) is 7.17. The van der Waals surface area contributed by atoms with E-state index in [0.717, 1.165) is 17.1 Å². The molecule has 0 amide bonds. The van der Waals surface area contributed by atoms with Gasteiger partial charge in [0.2, 0.25) is 0 Å². The van der Waals surface area contributed by atoms with Gasteiger partial charge in [-0.3, -0.25) is 4.98 Å². The average molecular weight is 380 g/mol. The fourth-order valence-electron chi connectivity index (χ4n) is 2.37. The largest absolute Gasteiger partial charge is 0.355 e. The minimum absolute atomic E-state index is 0.476. The second-order valence-corrected chi connectivity index (χ2v) is 6.61. The number of aromatic nitrogens is 4. The lowest BCUT2D eigenvalue weighted by molar-refractivity contribution is 0.594. The van der Waals surface area contributed by atoms with Crippen LogP contribution in [0.3, 0.4) is 0 Å². The zero-order valence-electron chi connectivity index (χ0n) is 13.1. The molecule has 0 atom stereocenters. The van der Waals surface area contributed by atoms with Crippen LogP contribution < -0.4 is 4.90 Å². The lowest BCUT2D eigenvalue weighted by Crippen LogP contribution is -2.22. The molecule has 0 saturated heterocycles. The SMILES string of the molecule is CN(Cn1nc(-c2cccnc2)n(C)c1=S)c1cc(Cl)cc(Cl)c1. The quantitative estimate of drug-likeness (QED) is 0.629. The Hall–Kier alpha value is -1.89. The van der Waals surface area contributed by atoms with E-state index >= 15 is 0 Å². The summed E-state index contributed by atoms with van der Waals surface area (Å²) in [7, 11) is 3.83. The van der Waals surface area contributed by atoms with Crippen LogP contribution >= 0.6 is 35.4 Å². The van der Waals surface area contributed by atoms with Gasteiger partial charge in [0.15, 0.2) is 10.6 Å². The molecule has 5 nitrogen and oxygen atoms in total. The van der Waals surface area contributed by atoms with Crippen LogP contribution in [0.5, 0.6) is 0 Å². The smallest absolute Gasteiger partial charge is 0.199 e. The first-order chi connectivity index (χ1) is 11.5. The molecule has 2 heterocycles. The predicted molar refractivity (Wildman–Crippen MR) is 100 cm³/mol. The molecule has 8 heteroatoms. The number of benzene rings is 1. The highest BCUT2D eigenvalue weighted by Crippen LogP contribution is 2.25. The van der Waals surface area contributed by atoms with E-state index in [1.165, 1.54) is 0 Å². The normalized spacial score (nSPS) is 10.8. The fraction of sp³-hybridized carbons (Fsp3) is 0.188. The molecular formula is C16H15Cl2N5S. The van der Waals surface area contributed by atoms with Crippen LogP contribution in [-0.2, 0) is 13.7 Å². The zero-order valence-corrected chi connectivity index (χ0v) is 15.5. The summed E-state index contributed by atoms with van der Waals surface area (Å²) in [5.41, 5.74) is 1.81. The lowest BCUT2D eigenvalue weighted by Gasteiger charge is -2.19. The van der Waals surface area contributed by atoms with Crippen molar-refractivity contribution in [3.8, 4) is 11.4 Å². The van der Waals surface area contributed by atoms with Crippen LogP contribution in [0.15, 0.2) is 42.7 Å². The topological polar surface area (TPSA) is 38.9 Å². The number of pyridine rings is 1. The molecule has 0 bridgehead atoms. The molecule has 0 aliphatic heterocycles. The number of anilines is 1. The Morgan fingerprint density at radius 2 is 1.92 bits per heavy atom. The predicted octanol–water partition coefficient (Wildman–Crippen LogP) is 4.41. The van der Waals surface area contributed by atoms with Crippen molar-refractivity contribution >= 4 is 41.1 Å². The molecule has 3 rings (SSSR count). The maximum absolute atomic E-state index is 6.07. The van der Waals surface area contributed by atoms with Crippen LogP contribution in [0.4, 0.5) is 5.69 Å². The Balaban J connectivity index is 1.92. The van der Waals surface area contributed by atoms with Gasteiger partial charge in [0, 0.05) is 47.8 Å². The van der Waals surface area contributed by atoms with Gasteiger partial charge in [-0.05, 0) is 42.5 Å². The first kappa shape index (κ1) is 17.0. The molecule has 0 spiro atoms. The van der Waals surface area contributed by atoms with Gasteiger partial charge in [-0.15, -0.1) is 5.10 Å². The molecule has 0 fully saturated rings. The van der Waals surface area contributed by atoms with E-state index in [0.29, 0.717) is 21.5 Å². The monoisotopic (exact) mass is 379 g/mol. The molecular weight excluding hydrogens is 365 g/mol. The van der Waals surface area contributed by atoms with E-state index < -0.39 is 0 Å². The van der Waals surface area contributed by atoms with E-state index in [-0.39, 0.29) is 0 Å². The maximum Gasteiger partial charge on any atom is 0.199 e. The standard InChI is InChI=1S/C16H15Cl2N5S/c1-21(14-7-12(17)6-13(18)8-14)10-23-16(24)22(2)15(20-23)11-4-3-5-19-9-11/h3-9H,10H2,1-2H3. The molecule has 0 radical (unpaired) electrons. The molecule has 0 N–H and O–H groups in total. The number of nitrogens with zero attached hydrogens (tertiary/aromatic N) is 5. The van der Waals surface area contributed by atoms with Crippen molar-refractivity contribution in [1.29, 1.82) is 0 Å². The van der Waals surface area contributed by atoms with Gasteiger partial charge in [0.05, 0.1) is 0 Å². The molecule has 124 valence electrons. The lowest BCUT2D eigenvalue weighted by atomic mass is 10.3. The third kappa shape index (κ3) is 3.45. The second kappa shape index (κ2) is 6.93. The summed E-state index contributed by atoms with van der Waals surface area (Å²) in [6.45, 7) is 0.476.